The number of hydrazone groups is 1. The highest BCUT2D eigenvalue weighted by Crippen LogP contribution is 2.20. The number of nitrogens with zero attached hydrogens (tertiary/aromatic N) is 3. The summed E-state index contributed by atoms with van der Waals surface area (Å²) >= 11 is 0. The summed E-state index contributed by atoms with van der Waals surface area (Å²) in [5.74, 6) is -0.0999. The lowest BCUT2D eigenvalue weighted by Gasteiger charge is -2.25. The maximum Gasteiger partial charge on any atom is 0.254 e. The second-order valence-electron chi connectivity index (χ2n) is 6.86. The maximum absolute atomic E-state index is 12.0. The van der Waals surface area contributed by atoms with Gasteiger partial charge in [0.2, 0.25) is 0 Å². The van der Waals surface area contributed by atoms with E-state index in [1.807, 2.05) is 0 Å². The van der Waals surface area contributed by atoms with Crippen LogP contribution in [0.5, 0.6) is 0 Å². The van der Waals surface area contributed by atoms with Crippen molar-refractivity contribution in [2.45, 2.75) is 27.2 Å². The number of aryl methyl sites for hydroxylation is 2. The Morgan fingerprint density at radius 2 is 1.93 bits per heavy atom. The third-order valence-corrected chi connectivity index (χ3v) is 4.94. The molecule has 1 aromatic heterocycles. The fourth-order valence-corrected chi connectivity index (χ4v) is 3.37. The Hall–Kier alpha value is -2.44. The average molecular weight is 368 g/mol. The number of hydrogen-bond acceptors (Lipinski definition) is 4. The van der Waals surface area contributed by atoms with Crippen LogP contribution in [-0.4, -0.2) is 54.4 Å². The molecule has 144 valence electrons. The van der Waals surface area contributed by atoms with Gasteiger partial charge in [0.1, 0.15) is 0 Å². The highest BCUT2D eigenvalue weighted by atomic mass is 16.5. The van der Waals surface area contributed by atoms with Gasteiger partial charge >= 0.3 is 0 Å². The zero-order valence-electron chi connectivity index (χ0n) is 16.4. The molecule has 2 aromatic rings. The van der Waals surface area contributed by atoms with Crippen molar-refractivity contribution >= 4 is 12.1 Å². The van der Waals surface area contributed by atoms with Crippen LogP contribution < -0.4 is 5.43 Å². The molecule has 0 bridgehead atoms. The first kappa shape index (κ1) is 19.3. The van der Waals surface area contributed by atoms with Crippen LogP contribution in [-0.2, 0) is 16.0 Å². The number of benzene rings is 1. The maximum atomic E-state index is 12.0. The molecular weight excluding hydrogens is 340 g/mol. The third-order valence-electron chi connectivity index (χ3n) is 4.94. The van der Waals surface area contributed by atoms with E-state index in [0.717, 1.165) is 42.1 Å². The van der Waals surface area contributed by atoms with E-state index in [0.29, 0.717) is 19.8 Å². The predicted molar refractivity (Wildman–Crippen MR) is 108 cm³/mol. The van der Waals surface area contributed by atoms with Crippen molar-refractivity contribution in [2.24, 2.45) is 5.10 Å². The number of hydrogen-bond donors (Lipinski definition) is 1. The summed E-state index contributed by atoms with van der Waals surface area (Å²) in [5, 5.41) is 4.15. The predicted octanol–water partition coefficient (Wildman–Crippen LogP) is 2.44. The van der Waals surface area contributed by atoms with Crippen LogP contribution in [0, 0.1) is 13.8 Å². The number of aromatic nitrogens is 1. The molecule has 0 spiro atoms. The molecule has 27 heavy (non-hydrogen) atoms. The Balaban J connectivity index is 1.64. The van der Waals surface area contributed by atoms with Crippen LogP contribution in [0.3, 0.4) is 0 Å². The lowest BCUT2D eigenvalue weighted by atomic mass is 10.1. The lowest BCUT2D eigenvalue weighted by Crippen LogP contribution is -2.42. The van der Waals surface area contributed by atoms with Gasteiger partial charge in [0.15, 0.2) is 0 Å². The summed E-state index contributed by atoms with van der Waals surface area (Å²) < 4.78 is 7.50. The van der Waals surface area contributed by atoms with Gasteiger partial charge in [-0.25, -0.2) is 5.43 Å². The van der Waals surface area contributed by atoms with Gasteiger partial charge in [0, 0.05) is 35.7 Å². The first-order valence-corrected chi connectivity index (χ1v) is 9.48. The first-order valence-electron chi connectivity index (χ1n) is 9.48. The van der Waals surface area contributed by atoms with Crippen molar-refractivity contribution < 1.29 is 9.53 Å². The van der Waals surface area contributed by atoms with Crippen LogP contribution >= 0.6 is 0 Å². The third kappa shape index (κ3) is 4.84. The molecule has 2 heterocycles. The second-order valence-corrected chi connectivity index (χ2v) is 6.86. The topological polar surface area (TPSA) is 58.9 Å². The van der Waals surface area contributed by atoms with Gasteiger partial charge in [-0.1, -0.05) is 19.1 Å². The van der Waals surface area contributed by atoms with Crippen molar-refractivity contribution in [2.75, 3.05) is 32.8 Å². The Morgan fingerprint density at radius 3 is 2.59 bits per heavy atom. The monoisotopic (exact) mass is 368 g/mol. The zero-order chi connectivity index (χ0) is 19.2. The van der Waals surface area contributed by atoms with Gasteiger partial charge in [-0.3, -0.25) is 9.69 Å². The van der Waals surface area contributed by atoms with Crippen molar-refractivity contribution in [1.82, 2.24) is 14.9 Å². The molecule has 0 saturated carbocycles. The molecule has 1 amide bonds. The minimum Gasteiger partial charge on any atom is -0.379 e. The van der Waals surface area contributed by atoms with Crippen molar-refractivity contribution in [1.29, 1.82) is 0 Å². The van der Waals surface area contributed by atoms with Gasteiger partial charge in [0.25, 0.3) is 5.91 Å². The number of nitrogens with one attached hydrogen (secondary N) is 1. The zero-order valence-corrected chi connectivity index (χ0v) is 16.4. The molecule has 1 saturated heterocycles. The van der Waals surface area contributed by atoms with Gasteiger partial charge < -0.3 is 9.30 Å². The van der Waals surface area contributed by atoms with Gasteiger partial charge in [-0.2, -0.15) is 5.10 Å². The number of carbonyl (C=O) groups is 1. The van der Waals surface area contributed by atoms with E-state index in [1.54, 1.807) is 6.21 Å². The van der Waals surface area contributed by atoms with Crippen LogP contribution in [0.4, 0.5) is 0 Å². The molecule has 0 aliphatic carbocycles. The molecule has 0 atom stereocenters. The molecule has 6 heteroatoms. The lowest BCUT2D eigenvalue weighted by molar-refractivity contribution is -0.123. The molecule has 1 aliphatic heterocycles. The molecule has 0 unspecified atom stereocenters. The summed E-state index contributed by atoms with van der Waals surface area (Å²) in [6.07, 6.45) is 2.75. The second kappa shape index (κ2) is 8.97. The van der Waals surface area contributed by atoms with E-state index in [2.05, 4.69) is 71.1 Å². The molecule has 1 aliphatic rings. The standard InChI is InChI=1S/C21H28N4O2/c1-4-18-5-7-20(8-6-18)25-16(2)13-19(17(25)3)14-22-23-21(26)15-24-9-11-27-12-10-24/h5-8,13-14H,4,9-12,15H2,1-3H3,(H,23,26)/b22-14-. The number of ether oxygens (including phenoxy) is 1. The Morgan fingerprint density at radius 1 is 1.22 bits per heavy atom. The Bertz CT molecular complexity index is 802. The molecule has 3 rings (SSSR count). The summed E-state index contributed by atoms with van der Waals surface area (Å²) in [5.41, 5.74) is 8.33. The molecular formula is C21H28N4O2. The minimum absolute atomic E-state index is 0.0999. The normalized spacial score (nSPS) is 15.4. The number of carbonyl (C=O) groups excluding carboxylic acids is 1. The molecule has 6 nitrogen and oxygen atoms in total. The smallest absolute Gasteiger partial charge is 0.254 e. The largest absolute Gasteiger partial charge is 0.379 e. The van der Waals surface area contributed by atoms with E-state index >= 15 is 0 Å². The van der Waals surface area contributed by atoms with E-state index < -0.39 is 0 Å². The van der Waals surface area contributed by atoms with Crippen LogP contribution in [0.25, 0.3) is 5.69 Å². The van der Waals surface area contributed by atoms with Crippen LogP contribution in [0.2, 0.25) is 0 Å². The van der Waals surface area contributed by atoms with Gasteiger partial charge in [-0.05, 0) is 44.0 Å². The van der Waals surface area contributed by atoms with E-state index in [4.69, 9.17) is 4.74 Å². The molecule has 0 radical (unpaired) electrons. The fourth-order valence-electron chi connectivity index (χ4n) is 3.37. The number of morpholine rings is 1. The highest BCUT2D eigenvalue weighted by Gasteiger charge is 2.14. The molecule has 1 N–H and O–H groups in total. The van der Waals surface area contributed by atoms with Crippen molar-refractivity contribution in [3.05, 3.63) is 52.8 Å². The van der Waals surface area contributed by atoms with Crippen molar-refractivity contribution in [3.63, 3.8) is 0 Å². The SMILES string of the molecule is CCc1ccc(-n2c(C)cc(/C=N\NC(=O)CN3CCOCC3)c2C)cc1. The van der Waals surface area contributed by atoms with Crippen LogP contribution in [0.1, 0.15) is 29.4 Å². The number of rotatable bonds is 6. The highest BCUT2D eigenvalue weighted by molar-refractivity contribution is 5.84. The van der Waals surface area contributed by atoms with Gasteiger partial charge in [0.05, 0.1) is 26.0 Å². The molecule has 1 aromatic carbocycles. The fraction of sp³-hybridized carbons (Fsp3) is 0.429. The number of amides is 1. The average Bonchev–Trinajstić information content (AvgIpc) is 2.96. The summed E-state index contributed by atoms with van der Waals surface area (Å²) in [4.78, 5) is 14.1. The molecule has 1 fully saturated rings. The van der Waals surface area contributed by atoms with Gasteiger partial charge in [-0.15, -0.1) is 0 Å². The Kier molecular flexibility index (Phi) is 6.42. The summed E-state index contributed by atoms with van der Waals surface area (Å²) in [7, 11) is 0. The minimum atomic E-state index is -0.0999. The Labute approximate surface area is 160 Å². The van der Waals surface area contributed by atoms with Crippen LogP contribution in [0.15, 0.2) is 35.4 Å². The van der Waals surface area contributed by atoms with E-state index in [-0.39, 0.29) is 5.91 Å². The summed E-state index contributed by atoms with van der Waals surface area (Å²) in [6, 6.07) is 10.7. The van der Waals surface area contributed by atoms with E-state index in [1.165, 1.54) is 5.56 Å². The van der Waals surface area contributed by atoms with E-state index in [9.17, 15) is 4.79 Å². The first-order chi connectivity index (χ1) is 13.1. The quantitative estimate of drug-likeness (QED) is 0.629. The van der Waals surface area contributed by atoms with Crippen molar-refractivity contribution in [3.8, 4) is 5.69 Å². The summed E-state index contributed by atoms with van der Waals surface area (Å²) in [6.45, 7) is 9.59.